The van der Waals surface area contributed by atoms with Crippen LogP contribution >= 0.6 is 0 Å². The number of hydrogen-bond acceptors (Lipinski definition) is 4. The van der Waals surface area contributed by atoms with Crippen molar-refractivity contribution in [1.82, 2.24) is 15.3 Å². The Morgan fingerprint density at radius 1 is 1.20 bits per heavy atom. The third-order valence-corrected chi connectivity index (χ3v) is 4.15. The van der Waals surface area contributed by atoms with E-state index in [0.29, 0.717) is 18.1 Å². The Labute approximate surface area is 146 Å². The van der Waals surface area contributed by atoms with Crippen molar-refractivity contribution in [2.75, 3.05) is 11.9 Å². The smallest absolute Gasteiger partial charge is 0.270 e. The second kappa shape index (κ2) is 8.37. The number of amides is 1. The molecule has 0 unspecified atom stereocenters. The summed E-state index contributed by atoms with van der Waals surface area (Å²) in [6.07, 6.45) is 9.20. The molecule has 6 heteroatoms. The van der Waals surface area contributed by atoms with Crippen LogP contribution in [0.5, 0.6) is 0 Å². The summed E-state index contributed by atoms with van der Waals surface area (Å²) in [5.74, 6) is -0.261. The molecule has 1 aromatic carbocycles. The van der Waals surface area contributed by atoms with Crippen LogP contribution in [0.3, 0.4) is 0 Å². The van der Waals surface area contributed by atoms with Crippen LogP contribution in [-0.4, -0.2) is 22.4 Å². The molecule has 0 saturated heterocycles. The number of allylic oxidation sites excluding steroid dienone is 1. The van der Waals surface area contributed by atoms with E-state index in [4.69, 9.17) is 0 Å². The minimum absolute atomic E-state index is 0.254. The molecular weight excluding hydrogens is 319 g/mol. The summed E-state index contributed by atoms with van der Waals surface area (Å²) < 4.78 is 13.7. The molecule has 0 atom stereocenters. The number of halogens is 1. The number of nitrogens with zero attached hydrogens (tertiary/aromatic N) is 2. The lowest BCUT2D eigenvalue weighted by atomic mass is 9.97. The largest absolute Gasteiger partial charge is 0.350 e. The molecule has 25 heavy (non-hydrogen) atoms. The van der Waals surface area contributed by atoms with Gasteiger partial charge in [0.1, 0.15) is 23.7 Å². The Balaban J connectivity index is 1.57. The Kier molecular flexibility index (Phi) is 5.72. The van der Waals surface area contributed by atoms with Gasteiger partial charge in [-0.25, -0.2) is 14.4 Å². The number of rotatable bonds is 6. The van der Waals surface area contributed by atoms with Gasteiger partial charge < -0.3 is 10.6 Å². The van der Waals surface area contributed by atoms with E-state index >= 15 is 0 Å². The van der Waals surface area contributed by atoms with Gasteiger partial charge in [-0.1, -0.05) is 23.8 Å². The molecule has 2 aromatic rings. The highest BCUT2D eigenvalue weighted by atomic mass is 19.1. The Hall–Kier alpha value is -2.76. The minimum Gasteiger partial charge on any atom is -0.350 e. The van der Waals surface area contributed by atoms with Crippen molar-refractivity contribution in [2.45, 2.75) is 32.1 Å². The topological polar surface area (TPSA) is 66.9 Å². The molecule has 0 saturated carbocycles. The average Bonchev–Trinajstić information content (AvgIpc) is 2.65. The molecule has 1 amide bonds. The molecule has 3 rings (SSSR count). The third-order valence-electron chi connectivity index (χ3n) is 4.15. The Morgan fingerprint density at radius 2 is 2.08 bits per heavy atom. The second-order valence-electron chi connectivity index (χ2n) is 6.01. The van der Waals surface area contributed by atoms with Gasteiger partial charge in [-0.3, -0.25) is 4.79 Å². The zero-order chi connectivity index (χ0) is 17.5. The molecule has 1 heterocycles. The fourth-order valence-electron chi connectivity index (χ4n) is 2.81. The summed E-state index contributed by atoms with van der Waals surface area (Å²) in [6, 6.07) is 7.81. The van der Waals surface area contributed by atoms with E-state index in [9.17, 15) is 9.18 Å². The normalized spacial score (nSPS) is 13.9. The molecule has 0 radical (unpaired) electrons. The van der Waals surface area contributed by atoms with Crippen LogP contribution in [0.1, 0.15) is 42.6 Å². The highest BCUT2D eigenvalue weighted by Crippen LogP contribution is 2.20. The summed E-state index contributed by atoms with van der Waals surface area (Å²) in [5.41, 5.74) is 1.97. The van der Waals surface area contributed by atoms with Crippen molar-refractivity contribution in [2.24, 2.45) is 0 Å². The van der Waals surface area contributed by atoms with Gasteiger partial charge in [0.15, 0.2) is 0 Å². The Morgan fingerprint density at radius 3 is 2.88 bits per heavy atom. The number of carbonyl (C=O) groups excluding carboxylic acids is 1. The van der Waals surface area contributed by atoms with Crippen molar-refractivity contribution < 1.29 is 9.18 Å². The second-order valence-corrected chi connectivity index (χ2v) is 6.01. The van der Waals surface area contributed by atoms with Crippen molar-refractivity contribution in [1.29, 1.82) is 0 Å². The Bertz CT molecular complexity index is 776. The number of carbonyl (C=O) groups is 1. The lowest BCUT2D eigenvalue weighted by molar-refractivity contribution is 0.0949. The fraction of sp³-hybridized carbons (Fsp3) is 0.316. The van der Waals surface area contributed by atoms with E-state index in [1.807, 2.05) is 0 Å². The number of para-hydroxylation sites is 1. The molecule has 0 spiro atoms. The monoisotopic (exact) mass is 340 g/mol. The van der Waals surface area contributed by atoms with Gasteiger partial charge in [0.2, 0.25) is 0 Å². The molecule has 5 nitrogen and oxygen atoms in total. The number of nitrogens with one attached hydrogen (secondary N) is 2. The van der Waals surface area contributed by atoms with E-state index in [2.05, 4.69) is 26.7 Å². The lowest BCUT2D eigenvalue weighted by Crippen LogP contribution is -2.26. The van der Waals surface area contributed by atoms with Gasteiger partial charge in [0, 0.05) is 12.6 Å². The molecule has 130 valence electrons. The van der Waals surface area contributed by atoms with Crippen molar-refractivity contribution in [3.63, 3.8) is 0 Å². The van der Waals surface area contributed by atoms with Crippen LogP contribution in [0, 0.1) is 5.82 Å². The molecule has 0 bridgehead atoms. The number of benzene rings is 1. The summed E-state index contributed by atoms with van der Waals surface area (Å²) in [4.78, 5) is 20.3. The van der Waals surface area contributed by atoms with Gasteiger partial charge >= 0.3 is 0 Å². The average molecular weight is 340 g/mol. The molecule has 0 fully saturated rings. The predicted octanol–water partition coefficient (Wildman–Crippen LogP) is 3.98. The first-order valence-corrected chi connectivity index (χ1v) is 8.52. The predicted molar refractivity (Wildman–Crippen MR) is 95.2 cm³/mol. The number of hydrogen-bond donors (Lipinski definition) is 2. The fourth-order valence-corrected chi connectivity index (χ4v) is 2.81. The highest BCUT2D eigenvalue weighted by Gasteiger charge is 2.10. The van der Waals surface area contributed by atoms with Crippen LogP contribution in [0.4, 0.5) is 15.9 Å². The van der Waals surface area contributed by atoms with Gasteiger partial charge in [0.25, 0.3) is 5.91 Å². The van der Waals surface area contributed by atoms with Crippen LogP contribution in [0.2, 0.25) is 0 Å². The standard InChI is InChI=1S/C19H21FN4O/c20-15-8-4-5-9-16(15)24-18-12-17(22-13-23-18)19(25)21-11-10-14-6-2-1-3-7-14/h4-6,8-9,12-13H,1-3,7,10-11H2,(H,21,25)(H,22,23,24). The molecule has 1 aliphatic rings. The van der Waals surface area contributed by atoms with E-state index in [1.165, 1.54) is 36.9 Å². The lowest BCUT2D eigenvalue weighted by Gasteiger charge is -2.13. The van der Waals surface area contributed by atoms with E-state index in [0.717, 1.165) is 19.3 Å². The molecule has 2 N–H and O–H groups in total. The summed E-state index contributed by atoms with van der Waals surface area (Å²) >= 11 is 0. The van der Waals surface area contributed by atoms with Crippen LogP contribution in [0.15, 0.2) is 48.3 Å². The molecule has 0 aliphatic heterocycles. The quantitative estimate of drug-likeness (QED) is 0.781. The van der Waals surface area contributed by atoms with Crippen molar-refractivity contribution >= 4 is 17.4 Å². The molecular formula is C19H21FN4O. The van der Waals surface area contributed by atoms with E-state index in [1.54, 1.807) is 18.2 Å². The summed E-state index contributed by atoms with van der Waals surface area (Å²) in [5, 5.41) is 5.74. The maximum absolute atomic E-state index is 13.7. The maximum atomic E-state index is 13.7. The maximum Gasteiger partial charge on any atom is 0.270 e. The zero-order valence-corrected chi connectivity index (χ0v) is 14.0. The van der Waals surface area contributed by atoms with Crippen molar-refractivity contribution in [3.8, 4) is 0 Å². The summed E-state index contributed by atoms with van der Waals surface area (Å²) in [6.45, 7) is 0.588. The zero-order valence-electron chi connectivity index (χ0n) is 14.0. The van der Waals surface area contributed by atoms with Gasteiger partial charge in [-0.2, -0.15) is 0 Å². The highest BCUT2D eigenvalue weighted by molar-refractivity contribution is 5.92. The van der Waals surface area contributed by atoms with E-state index < -0.39 is 0 Å². The SMILES string of the molecule is O=C(NCCC1=CCCCC1)c1cc(Nc2ccccc2F)ncn1. The first kappa shape index (κ1) is 17.1. The minimum atomic E-state index is -0.382. The molecule has 1 aromatic heterocycles. The van der Waals surface area contributed by atoms with Gasteiger partial charge in [-0.05, 0) is 44.2 Å². The van der Waals surface area contributed by atoms with Crippen LogP contribution in [-0.2, 0) is 0 Å². The van der Waals surface area contributed by atoms with Crippen LogP contribution in [0.25, 0.3) is 0 Å². The van der Waals surface area contributed by atoms with Gasteiger partial charge in [-0.15, -0.1) is 0 Å². The third kappa shape index (κ3) is 4.86. The van der Waals surface area contributed by atoms with Crippen molar-refractivity contribution in [3.05, 3.63) is 59.8 Å². The first-order valence-electron chi connectivity index (χ1n) is 8.52. The van der Waals surface area contributed by atoms with Crippen LogP contribution < -0.4 is 10.6 Å². The van der Waals surface area contributed by atoms with E-state index in [-0.39, 0.29) is 17.4 Å². The summed E-state index contributed by atoms with van der Waals surface area (Å²) in [7, 11) is 0. The number of aromatic nitrogens is 2. The van der Waals surface area contributed by atoms with Gasteiger partial charge in [0.05, 0.1) is 5.69 Å². The first-order chi connectivity index (χ1) is 12.2. The molecule has 1 aliphatic carbocycles. The number of anilines is 2.